The van der Waals surface area contributed by atoms with E-state index in [-0.39, 0.29) is 49.2 Å². The quantitative estimate of drug-likeness (QED) is 0.438. The molecule has 1 saturated carbocycles. The van der Waals surface area contributed by atoms with Gasteiger partial charge in [-0.15, -0.1) is 0 Å². The summed E-state index contributed by atoms with van der Waals surface area (Å²) in [5.41, 5.74) is 1.52. The Morgan fingerprint density at radius 1 is 1.00 bits per heavy atom. The number of carbonyl (C=O) groups is 4. The summed E-state index contributed by atoms with van der Waals surface area (Å²) in [7, 11) is 0. The summed E-state index contributed by atoms with van der Waals surface area (Å²) < 4.78 is 0. The molecule has 1 fully saturated rings. The van der Waals surface area contributed by atoms with E-state index in [1.54, 1.807) is 49.4 Å². The van der Waals surface area contributed by atoms with E-state index < -0.39 is 6.04 Å². The molecule has 2 aromatic rings. The van der Waals surface area contributed by atoms with Crippen molar-refractivity contribution in [2.24, 2.45) is 0 Å². The van der Waals surface area contributed by atoms with Crippen molar-refractivity contribution in [1.29, 1.82) is 0 Å². The number of nitrogens with zero attached hydrogens (tertiary/aromatic N) is 2. The van der Waals surface area contributed by atoms with Gasteiger partial charge in [0.2, 0.25) is 11.8 Å². The van der Waals surface area contributed by atoms with Crippen LogP contribution in [0, 0.1) is 0 Å². The van der Waals surface area contributed by atoms with E-state index in [9.17, 15) is 19.2 Å². The van der Waals surface area contributed by atoms with Crippen LogP contribution in [0.4, 0.5) is 0 Å². The van der Waals surface area contributed by atoms with Gasteiger partial charge in [0.1, 0.15) is 6.04 Å². The number of hydrogen-bond acceptors (Lipinski definition) is 4. The van der Waals surface area contributed by atoms with Crippen LogP contribution in [-0.2, 0) is 16.1 Å². The highest BCUT2D eigenvalue weighted by Crippen LogP contribution is 2.25. The second-order valence-electron chi connectivity index (χ2n) is 9.70. The number of rotatable bonds is 9. The maximum Gasteiger partial charge on any atom is 0.261 e. The fourth-order valence-corrected chi connectivity index (χ4v) is 5.28. The summed E-state index contributed by atoms with van der Waals surface area (Å²) in [5.74, 6) is -1.13. The first-order chi connectivity index (χ1) is 17.8. The molecule has 0 radical (unpaired) electrons. The lowest BCUT2D eigenvalue weighted by atomic mass is 9.95. The molecule has 2 aromatic carbocycles. The monoisotopic (exact) mass is 543 g/mol. The van der Waals surface area contributed by atoms with Gasteiger partial charge in [-0.25, -0.2) is 0 Å². The topological polar surface area (TPSA) is 86.8 Å². The number of halogens is 2. The Morgan fingerprint density at radius 2 is 1.65 bits per heavy atom. The van der Waals surface area contributed by atoms with Crippen LogP contribution >= 0.6 is 23.2 Å². The van der Waals surface area contributed by atoms with Crippen LogP contribution in [0.5, 0.6) is 0 Å². The molecule has 0 aromatic heterocycles. The van der Waals surface area contributed by atoms with Crippen molar-refractivity contribution in [2.45, 2.75) is 70.5 Å². The molecular formula is C28H31Cl2N3O4. The van der Waals surface area contributed by atoms with Gasteiger partial charge in [-0.3, -0.25) is 24.1 Å². The van der Waals surface area contributed by atoms with Crippen LogP contribution in [0.3, 0.4) is 0 Å². The first-order valence-corrected chi connectivity index (χ1v) is 13.5. The van der Waals surface area contributed by atoms with E-state index >= 15 is 0 Å². The lowest BCUT2D eigenvalue weighted by Crippen LogP contribution is -2.50. The van der Waals surface area contributed by atoms with Crippen LogP contribution in [0.2, 0.25) is 10.0 Å². The molecule has 0 bridgehead atoms. The maximum absolute atomic E-state index is 13.4. The average Bonchev–Trinajstić information content (AvgIpc) is 3.14. The van der Waals surface area contributed by atoms with Gasteiger partial charge in [0, 0.05) is 25.6 Å². The normalized spacial score (nSPS) is 16.5. The Kier molecular flexibility index (Phi) is 8.87. The third kappa shape index (κ3) is 6.33. The maximum atomic E-state index is 13.4. The first-order valence-electron chi connectivity index (χ1n) is 12.7. The van der Waals surface area contributed by atoms with Gasteiger partial charge in [-0.2, -0.15) is 0 Å². The molecule has 196 valence electrons. The SMILES string of the molecule is C[C@H](C(=O)NC1CCCCC1)N(Cc1ccc(Cl)c(Cl)c1)C(=O)CCCN1C(=O)c2ccccc2C1=O. The number of nitrogens with one attached hydrogen (secondary N) is 1. The Bertz CT molecular complexity index is 1160. The van der Waals surface area contributed by atoms with Crippen LogP contribution in [0.1, 0.15) is 78.1 Å². The van der Waals surface area contributed by atoms with E-state index in [2.05, 4.69) is 5.32 Å². The highest BCUT2D eigenvalue weighted by atomic mass is 35.5. The zero-order valence-electron chi connectivity index (χ0n) is 20.8. The predicted octanol–water partition coefficient (Wildman–Crippen LogP) is 5.24. The zero-order valence-corrected chi connectivity index (χ0v) is 22.4. The van der Waals surface area contributed by atoms with Crippen molar-refractivity contribution in [1.82, 2.24) is 15.1 Å². The fraction of sp³-hybridized carbons (Fsp3) is 0.429. The first kappa shape index (κ1) is 27.1. The number of carbonyl (C=O) groups excluding carboxylic acids is 4. The smallest absolute Gasteiger partial charge is 0.261 e. The second-order valence-corrected chi connectivity index (χ2v) is 10.5. The molecule has 1 atom stereocenters. The van der Waals surface area contributed by atoms with Crippen LogP contribution < -0.4 is 5.32 Å². The van der Waals surface area contributed by atoms with Gasteiger partial charge in [0.15, 0.2) is 0 Å². The predicted molar refractivity (Wildman–Crippen MR) is 143 cm³/mol. The van der Waals surface area contributed by atoms with Gasteiger partial charge in [0.25, 0.3) is 11.8 Å². The minimum absolute atomic E-state index is 0.0791. The van der Waals surface area contributed by atoms with Crippen molar-refractivity contribution in [2.75, 3.05) is 6.54 Å². The van der Waals surface area contributed by atoms with Crippen LogP contribution in [0.25, 0.3) is 0 Å². The Balaban J connectivity index is 1.42. The van der Waals surface area contributed by atoms with Crippen LogP contribution in [-0.4, -0.2) is 52.1 Å². The summed E-state index contributed by atoms with van der Waals surface area (Å²) in [5, 5.41) is 3.89. The average molecular weight is 544 g/mol. The molecule has 7 nitrogen and oxygen atoms in total. The molecule has 0 unspecified atom stereocenters. The molecule has 1 aliphatic carbocycles. The highest BCUT2D eigenvalue weighted by molar-refractivity contribution is 6.42. The molecule has 1 N–H and O–H groups in total. The molecule has 2 aliphatic rings. The van der Waals surface area contributed by atoms with E-state index in [1.165, 1.54) is 16.2 Å². The Hall–Kier alpha value is -2.90. The van der Waals surface area contributed by atoms with E-state index in [0.717, 1.165) is 31.2 Å². The molecular weight excluding hydrogens is 513 g/mol. The van der Waals surface area contributed by atoms with Gasteiger partial charge in [-0.05, 0) is 56.0 Å². The minimum Gasteiger partial charge on any atom is -0.352 e. The summed E-state index contributed by atoms with van der Waals surface area (Å²) >= 11 is 12.2. The summed E-state index contributed by atoms with van der Waals surface area (Å²) in [6, 6.07) is 11.3. The van der Waals surface area contributed by atoms with Gasteiger partial charge < -0.3 is 10.2 Å². The molecule has 0 spiro atoms. The third-order valence-electron chi connectivity index (χ3n) is 7.11. The second kappa shape index (κ2) is 12.1. The van der Waals surface area contributed by atoms with Crippen molar-refractivity contribution in [3.05, 3.63) is 69.2 Å². The Labute approximate surface area is 227 Å². The summed E-state index contributed by atoms with van der Waals surface area (Å²) in [4.78, 5) is 54.5. The number of fused-ring (bicyclic) bond motifs is 1. The van der Waals surface area contributed by atoms with E-state index in [0.29, 0.717) is 27.6 Å². The van der Waals surface area contributed by atoms with Crippen molar-refractivity contribution < 1.29 is 19.2 Å². The lowest BCUT2D eigenvalue weighted by molar-refractivity contribution is -0.141. The standard InChI is InChI=1S/C28H31Cl2N3O4/c1-18(26(35)31-20-8-3-2-4-9-20)33(17-19-13-14-23(29)24(30)16-19)25(34)12-7-15-32-27(36)21-10-5-6-11-22(21)28(32)37/h5-6,10-11,13-14,16,18,20H,2-4,7-9,12,15,17H2,1H3,(H,31,35)/t18-/m1/s1. The van der Waals surface area contributed by atoms with Crippen molar-refractivity contribution >= 4 is 46.8 Å². The summed E-state index contributed by atoms with van der Waals surface area (Å²) in [6.07, 6.45) is 5.61. The molecule has 9 heteroatoms. The molecule has 0 saturated heterocycles. The van der Waals surface area contributed by atoms with Gasteiger partial charge in [-0.1, -0.05) is 60.7 Å². The largest absolute Gasteiger partial charge is 0.352 e. The number of hydrogen-bond donors (Lipinski definition) is 1. The minimum atomic E-state index is -0.705. The zero-order chi connectivity index (χ0) is 26.5. The molecule has 1 aliphatic heterocycles. The molecule has 4 amide bonds. The van der Waals surface area contributed by atoms with Crippen molar-refractivity contribution in [3.8, 4) is 0 Å². The van der Waals surface area contributed by atoms with Crippen LogP contribution in [0.15, 0.2) is 42.5 Å². The fourth-order valence-electron chi connectivity index (χ4n) is 4.96. The van der Waals surface area contributed by atoms with Crippen molar-refractivity contribution in [3.63, 3.8) is 0 Å². The molecule has 37 heavy (non-hydrogen) atoms. The van der Waals surface area contributed by atoms with E-state index in [1.807, 2.05) is 0 Å². The number of imide groups is 1. The Morgan fingerprint density at radius 3 is 2.27 bits per heavy atom. The highest BCUT2D eigenvalue weighted by Gasteiger charge is 2.35. The third-order valence-corrected chi connectivity index (χ3v) is 7.85. The lowest BCUT2D eigenvalue weighted by Gasteiger charge is -2.31. The molecule has 4 rings (SSSR count). The van der Waals surface area contributed by atoms with Gasteiger partial charge >= 0.3 is 0 Å². The summed E-state index contributed by atoms with van der Waals surface area (Å²) in [6.45, 7) is 2.03. The molecule has 1 heterocycles. The number of amides is 4. The number of benzene rings is 2. The van der Waals surface area contributed by atoms with Gasteiger partial charge in [0.05, 0.1) is 21.2 Å². The van der Waals surface area contributed by atoms with E-state index in [4.69, 9.17) is 23.2 Å².